The Bertz CT molecular complexity index is 888. The standard InChI is InChI=1S/C23H29NO7/c1-15-19(7-6-8-20(15)28-5)21(26)31-29-14-17(13-25)16-9-11-18(12-10-16)24-22(27)30-23(2,3)4/h6-12,17,25H,13-14H2,1-5H3,(H,24,27). The second-order valence-electron chi connectivity index (χ2n) is 7.92. The first-order valence-corrected chi connectivity index (χ1v) is 9.83. The van der Waals surface area contributed by atoms with E-state index in [-0.39, 0.29) is 13.2 Å². The number of aliphatic hydroxyl groups is 1. The number of aliphatic hydroxyl groups excluding tert-OH is 1. The number of amides is 1. The van der Waals surface area contributed by atoms with Crippen LogP contribution in [0.3, 0.4) is 0 Å². The second-order valence-corrected chi connectivity index (χ2v) is 7.92. The summed E-state index contributed by atoms with van der Waals surface area (Å²) < 4.78 is 10.4. The molecule has 1 atom stereocenters. The summed E-state index contributed by atoms with van der Waals surface area (Å²) in [7, 11) is 1.52. The summed E-state index contributed by atoms with van der Waals surface area (Å²) in [6, 6.07) is 11.9. The predicted octanol–water partition coefficient (Wildman–Crippen LogP) is 4.22. The summed E-state index contributed by atoms with van der Waals surface area (Å²) >= 11 is 0. The van der Waals surface area contributed by atoms with Crippen molar-refractivity contribution in [3.8, 4) is 5.75 Å². The van der Waals surface area contributed by atoms with Crippen LogP contribution in [0.15, 0.2) is 42.5 Å². The van der Waals surface area contributed by atoms with E-state index in [0.717, 1.165) is 5.56 Å². The highest BCUT2D eigenvalue weighted by Gasteiger charge is 2.18. The predicted molar refractivity (Wildman–Crippen MR) is 115 cm³/mol. The molecule has 0 heterocycles. The first-order valence-electron chi connectivity index (χ1n) is 9.83. The molecule has 0 aliphatic heterocycles. The molecule has 0 radical (unpaired) electrons. The summed E-state index contributed by atoms with van der Waals surface area (Å²) in [6.07, 6.45) is -0.554. The smallest absolute Gasteiger partial charge is 0.412 e. The van der Waals surface area contributed by atoms with Crippen molar-refractivity contribution in [2.45, 2.75) is 39.2 Å². The van der Waals surface area contributed by atoms with Crippen LogP contribution < -0.4 is 10.1 Å². The van der Waals surface area contributed by atoms with E-state index in [1.165, 1.54) is 7.11 Å². The Morgan fingerprint density at radius 1 is 1.10 bits per heavy atom. The zero-order chi connectivity index (χ0) is 23.0. The molecule has 8 nitrogen and oxygen atoms in total. The maximum absolute atomic E-state index is 12.3. The highest BCUT2D eigenvalue weighted by molar-refractivity contribution is 5.91. The molecular formula is C23H29NO7. The molecule has 0 aliphatic carbocycles. The monoisotopic (exact) mass is 431 g/mol. The van der Waals surface area contributed by atoms with Gasteiger partial charge in [0.2, 0.25) is 0 Å². The third-order valence-corrected chi connectivity index (χ3v) is 4.38. The van der Waals surface area contributed by atoms with E-state index in [4.69, 9.17) is 19.2 Å². The largest absolute Gasteiger partial charge is 0.496 e. The number of benzene rings is 2. The molecule has 1 unspecified atom stereocenters. The average Bonchev–Trinajstić information content (AvgIpc) is 2.70. The lowest BCUT2D eigenvalue weighted by molar-refractivity contribution is -0.245. The summed E-state index contributed by atoms with van der Waals surface area (Å²) in [4.78, 5) is 34.1. The number of nitrogens with one attached hydrogen (secondary N) is 1. The number of rotatable bonds is 8. The van der Waals surface area contributed by atoms with Gasteiger partial charge >= 0.3 is 12.1 Å². The lowest BCUT2D eigenvalue weighted by Gasteiger charge is -2.20. The molecule has 2 aromatic rings. The number of hydrogen-bond acceptors (Lipinski definition) is 7. The Kier molecular flexibility index (Phi) is 8.41. The molecule has 2 N–H and O–H groups in total. The fraction of sp³-hybridized carbons (Fsp3) is 0.391. The molecule has 0 aromatic heterocycles. The quantitative estimate of drug-likeness (QED) is 0.476. The maximum atomic E-state index is 12.3. The molecule has 168 valence electrons. The van der Waals surface area contributed by atoms with Crippen molar-refractivity contribution < 1.29 is 33.9 Å². The van der Waals surface area contributed by atoms with Crippen LogP contribution in [0.4, 0.5) is 10.5 Å². The van der Waals surface area contributed by atoms with Crippen molar-refractivity contribution in [1.82, 2.24) is 0 Å². The minimum absolute atomic E-state index is 0.0376. The molecule has 0 aliphatic rings. The van der Waals surface area contributed by atoms with Crippen LogP contribution in [0.1, 0.15) is 48.2 Å². The maximum Gasteiger partial charge on any atom is 0.412 e. The lowest BCUT2D eigenvalue weighted by Crippen LogP contribution is -2.27. The van der Waals surface area contributed by atoms with Crippen LogP contribution in [-0.2, 0) is 14.5 Å². The van der Waals surface area contributed by atoms with Crippen LogP contribution in [0.25, 0.3) is 0 Å². The number of methoxy groups -OCH3 is 1. The Labute approximate surface area is 182 Å². The minimum atomic E-state index is -0.648. The fourth-order valence-corrected chi connectivity index (χ4v) is 2.79. The lowest BCUT2D eigenvalue weighted by atomic mass is 10.0. The van der Waals surface area contributed by atoms with Gasteiger partial charge in [-0.3, -0.25) is 10.2 Å². The molecule has 0 fully saturated rings. The van der Waals surface area contributed by atoms with E-state index in [1.807, 2.05) is 0 Å². The molecular weight excluding hydrogens is 402 g/mol. The SMILES string of the molecule is COc1cccc(C(=O)OOCC(CO)c2ccc(NC(=O)OC(C)(C)C)cc2)c1C. The third kappa shape index (κ3) is 7.27. The topological polar surface area (TPSA) is 103 Å². The van der Waals surface area contributed by atoms with Gasteiger partial charge in [-0.2, -0.15) is 4.89 Å². The number of carbonyl (C=O) groups is 2. The molecule has 0 spiro atoms. The average molecular weight is 431 g/mol. The van der Waals surface area contributed by atoms with Crippen molar-refractivity contribution >= 4 is 17.7 Å². The van der Waals surface area contributed by atoms with Gasteiger partial charge in [0.15, 0.2) is 0 Å². The van der Waals surface area contributed by atoms with E-state index in [9.17, 15) is 14.7 Å². The van der Waals surface area contributed by atoms with E-state index in [0.29, 0.717) is 22.6 Å². The van der Waals surface area contributed by atoms with E-state index in [1.54, 1.807) is 70.2 Å². The van der Waals surface area contributed by atoms with Crippen LogP contribution >= 0.6 is 0 Å². The Morgan fingerprint density at radius 3 is 2.35 bits per heavy atom. The van der Waals surface area contributed by atoms with Crippen molar-refractivity contribution in [3.05, 3.63) is 59.2 Å². The van der Waals surface area contributed by atoms with Gasteiger partial charge in [0.05, 0.1) is 19.3 Å². The third-order valence-electron chi connectivity index (χ3n) is 4.38. The van der Waals surface area contributed by atoms with Crippen molar-refractivity contribution in [2.75, 3.05) is 25.6 Å². The van der Waals surface area contributed by atoms with E-state index >= 15 is 0 Å². The van der Waals surface area contributed by atoms with Crippen LogP contribution in [0, 0.1) is 6.92 Å². The van der Waals surface area contributed by atoms with Crippen LogP contribution in [0.5, 0.6) is 5.75 Å². The summed E-state index contributed by atoms with van der Waals surface area (Å²) in [5, 5.41) is 12.3. The van der Waals surface area contributed by atoms with Crippen LogP contribution in [-0.4, -0.2) is 43.1 Å². The summed E-state index contributed by atoms with van der Waals surface area (Å²) in [5.41, 5.74) is 1.69. The molecule has 1 amide bonds. The van der Waals surface area contributed by atoms with Gasteiger partial charge in [0.25, 0.3) is 0 Å². The van der Waals surface area contributed by atoms with Crippen LogP contribution in [0.2, 0.25) is 0 Å². The molecule has 0 saturated heterocycles. The number of carbonyl (C=O) groups excluding carboxylic acids is 2. The molecule has 2 rings (SSSR count). The Balaban J connectivity index is 1.91. The zero-order valence-electron chi connectivity index (χ0n) is 18.4. The highest BCUT2D eigenvalue weighted by atomic mass is 17.2. The van der Waals surface area contributed by atoms with Gasteiger partial charge in [0, 0.05) is 17.2 Å². The van der Waals surface area contributed by atoms with Crippen molar-refractivity contribution in [2.24, 2.45) is 0 Å². The van der Waals surface area contributed by atoms with E-state index < -0.39 is 23.6 Å². The second kappa shape index (κ2) is 10.8. The van der Waals surface area contributed by atoms with Crippen molar-refractivity contribution in [3.63, 3.8) is 0 Å². The van der Waals surface area contributed by atoms with E-state index in [2.05, 4.69) is 5.32 Å². The number of anilines is 1. The zero-order valence-corrected chi connectivity index (χ0v) is 18.4. The molecule has 31 heavy (non-hydrogen) atoms. The Hall–Kier alpha value is -3.10. The van der Waals surface area contributed by atoms with Gasteiger partial charge < -0.3 is 14.6 Å². The first kappa shape index (κ1) is 24.2. The first-order chi connectivity index (χ1) is 14.6. The van der Waals surface area contributed by atoms with Gasteiger partial charge in [-0.1, -0.05) is 18.2 Å². The van der Waals surface area contributed by atoms with Gasteiger partial charge in [-0.05, 0) is 57.5 Å². The van der Waals surface area contributed by atoms with Gasteiger partial charge in [-0.15, -0.1) is 0 Å². The number of hydrogen-bond donors (Lipinski definition) is 2. The van der Waals surface area contributed by atoms with Gasteiger partial charge in [-0.25, -0.2) is 9.59 Å². The molecule has 2 aromatic carbocycles. The number of ether oxygens (including phenoxy) is 2. The van der Waals surface area contributed by atoms with Gasteiger partial charge in [0.1, 0.15) is 18.0 Å². The highest BCUT2D eigenvalue weighted by Crippen LogP contribution is 2.23. The molecule has 0 bridgehead atoms. The molecule has 8 heteroatoms. The summed E-state index contributed by atoms with van der Waals surface area (Å²) in [6.45, 7) is 6.84. The Morgan fingerprint density at radius 2 is 1.77 bits per heavy atom. The normalized spacial score (nSPS) is 12.1. The van der Waals surface area contributed by atoms with Crippen molar-refractivity contribution in [1.29, 1.82) is 0 Å². The molecule has 0 saturated carbocycles. The fourth-order valence-electron chi connectivity index (χ4n) is 2.79. The minimum Gasteiger partial charge on any atom is -0.496 e. The summed E-state index contributed by atoms with van der Waals surface area (Å²) in [5.74, 6) is -0.498.